The van der Waals surface area contributed by atoms with E-state index in [0.29, 0.717) is 16.5 Å². The number of halogens is 1. The number of aromatic hydroxyl groups is 1. The van der Waals surface area contributed by atoms with Crippen LogP contribution in [0, 0.1) is 6.92 Å². The molecule has 0 aliphatic heterocycles. The van der Waals surface area contributed by atoms with Crippen LogP contribution >= 0.6 is 11.6 Å². The van der Waals surface area contributed by atoms with Gasteiger partial charge in [0.05, 0.1) is 0 Å². The Hall–Kier alpha value is -2.99. The zero-order chi connectivity index (χ0) is 20.3. The summed E-state index contributed by atoms with van der Waals surface area (Å²) in [6, 6.07) is 12.1. The molecule has 3 aromatic rings. The lowest BCUT2D eigenvalue weighted by molar-refractivity contribution is 0.102. The lowest BCUT2D eigenvalue weighted by atomic mass is 9.99. The number of nitrogens with zero attached hydrogens (tertiary/aromatic N) is 2. The largest absolute Gasteiger partial charge is 0.508 e. The van der Waals surface area contributed by atoms with Gasteiger partial charge >= 0.3 is 0 Å². The van der Waals surface area contributed by atoms with Gasteiger partial charge in [0.15, 0.2) is 12.4 Å². The average Bonchev–Trinajstić information content (AvgIpc) is 3.12. The number of carbonyl (C=O) groups excluding carboxylic acids is 1. The topological polar surface area (TPSA) is 76.4 Å². The second-order valence-electron chi connectivity index (χ2n) is 6.80. The number of aryl methyl sites for hydroxylation is 1. The number of nitrogens with one attached hydrogen (secondary N) is 1. The maximum atomic E-state index is 12.6. The minimum Gasteiger partial charge on any atom is -0.508 e. The number of hydrogen-bond donors (Lipinski definition) is 2. The van der Waals surface area contributed by atoms with Crippen LogP contribution in [0.5, 0.6) is 11.5 Å². The first-order valence-electron chi connectivity index (χ1n) is 8.90. The standard InChI is InChI=1S/C21H22ClN3O3/c1-13(2)17-11-19(14(3)10-20(17)26)23-21(27)18-8-9-25(24-18)12-28-16-6-4-15(22)5-7-16/h4-11,13,26H,12H2,1-3H3,(H,23,27). The van der Waals surface area contributed by atoms with Gasteiger partial charge in [-0.2, -0.15) is 5.10 Å². The summed E-state index contributed by atoms with van der Waals surface area (Å²) < 4.78 is 7.15. The van der Waals surface area contributed by atoms with Gasteiger partial charge in [0.1, 0.15) is 11.5 Å². The smallest absolute Gasteiger partial charge is 0.276 e. The number of anilines is 1. The third-order valence-corrected chi connectivity index (χ3v) is 4.55. The zero-order valence-electron chi connectivity index (χ0n) is 15.9. The van der Waals surface area contributed by atoms with Gasteiger partial charge < -0.3 is 15.2 Å². The molecule has 0 spiro atoms. The maximum Gasteiger partial charge on any atom is 0.276 e. The van der Waals surface area contributed by atoms with Crippen LogP contribution in [0.2, 0.25) is 5.02 Å². The fourth-order valence-corrected chi connectivity index (χ4v) is 2.85. The van der Waals surface area contributed by atoms with Gasteiger partial charge in [0, 0.05) is 16.9 Å². The molecule has 0 saturated carbocycles. The van der Waals surface area contributed by atoms with Crippen LogP contribution in [0.15, 0.2) is 48.7 Å². The number of phenolic OH excluding ortho intramolecular Hbond substituents is 1. The van der Waals surface area contributed by atoms with Gasteiger partial charge in [0.25, 0.3) is 5.91 Å². The molecule has 2 aromatic carbocycles. The Balaban J connectivity index is 1.67. The quantitative estimate of drug-likeness (QED) is 0.574. The lowest BCUT2D eigenvalue weighted by Gasteiger charge is -2.14. The summed E-state index contributed by atoms with van der Waals surface area (Å²) in [6.07, 6.45) is 1.67. The highest BCUT2D eigenvalue weighted by molar-refractivity contribution is 6.30. The molecule has 7 heteroatoms. The van der Waals surface area contributed by atoms with Gasteiger partial charge in [-0.1, -0.05) is 25.4 Å². The summed E-state index contributed by atoms with van der Waals surface area (Å²) in [5.41, 5.74) is 2.49. The van der Waals surface area contributed by atoms with E-state index in [4.69, 9.17) is 16.3 Å². The van der Waals surface area contributed by atoms with Crippen molar-refractivity contribution in [2.45, 2.75) is 33.4 Å². The SMILES string of the molecule is Cc1cc(O)c(C(C)C)cc1NC(=O)c1ccn(COc2ccc(Cl)cc2)n1. The van der Waals surface area contributed by atoms with Gasteiger partial charge in [-0.15, -0.1) is 0 Å². The van der Waals surface area contributed by atoms with Crippen molar-refractivity contribution < 1.29 is 14.6 Å². The normalized spacial score (nSPS) is 10.9. The van der Waals surface area contributed by atoms with Crippen molar-refractivity contribution in [1.82, 2.24) is 9.78 Å². The molecule has 1 aromatic heterocycles. The summed E-state index contributed by atoms with van der Waals surface area (Å²) >= 11 is 5.85. The highest BCUT2D eigenvalue weighted by atomic mass is 35.5. The molecule has 0 aliphatic rings. The molecule has 0 aliphatic carbocycles. The Labute approximate surface area is 168 Å². The van der Waals surface area contributed by atoms with Crippen LogP contribution in [0.1, 0.15) is 41.4 Å². The van der Waals surface area contributed by atoms with Crippen LogP contribution in [-0.2, 0) is 6.73 Å². The number of rotatable bonds is 6. The van der Waals surface area contributed by atoms with E-state index >= 15 is 0 Å². The molecule has 28 heavy (non-hydrogen) atoms. The minimum absolute atomic E-state index is 0.139. The fourth-order valence-electron chi connectivity index (χ4n) is 2.72. The molecule has 6 nitrogen and oxygen atoms in total. The second-order valence-corrected chi connectivity index (χ2v) is 7.24. The summed E-state index contributed by atoms with van der Waals surface area (Å²) in [5, 5.41) is 17.8. The van der Waals surface area contributed by atoms with Crippen LogP contribution in [0.25, 0.3) is 0 Å². The summed E-state index contributed by atoms with van der Waals surface area (Å²) in [4.78, 5) is 12.6. The zero-order valence-corrected chi connectivity index (χ0v) is 16.7. The van der Waals surface area contributed by atoms with Crippen LogP contribution in [0.3, 0.4) is 0 Å². The van der Waals surface area contributed by atoms with Gasteiger partial charge in [-0.05, 0) is 66.4 Å². The highest BCUT2D eigenvalue weighted by Crippen LogP contribution is 2.31. The molecule has 0 bridgehead atoms. The van der Waals surface area contributed by atoms with E-state index < -0.39 is 0 Å². The summed E-state index contributed by atoms with van der Waals surface area (Å²) in [6.45, 7) is 5.97. The van der Waals surface area contributed by atoms with Crippen LogP contribution < -0.4 is 10.1 Å². The third-order valence-electron chi connectivity index (χ3n) is 4.29. The molecule has 146 valence electrons. The number of amides is 1. The molecule has 0 unspecified atom stereocenters. The van der Waals surface area contributed by atoms with Crippen molar-refractivity contribution in [3.8, 4) is 11.5 Å². The van der Waals surface area contributed by atoms with Crippen molar-refractivity contribution in [2.75, 3.05) is 5.32 Å². The molecular weight excluding hydrogens is 378 g/mol. The van der Waals surface area contributed by atoms with Crippen molar-refractivity contribution in [1.29, 1.82) is 0 Å². The van der Waals surface area contributed by atoms with Gasteiger partial charge in [0.2, 0.25) is 0 Å². The molecule has 0 atom stereocenters. The monoisotopic (exact) mass is 399 g/mol. The summed E-state index contributed by atoms with van der Waals surface area (Å²) in [5.74, 6) is 0.704. The van der Waals surface area contributed by atoms with E-state index in [2.05, 4.69) is 10.4 Å². The molecule has 0 radical (unpaired) electrons. The number of hydrogen-bond acceptors (Lipinski definition) is 4. The van der Waals surface area contributed by atoms with Crippen molar-refractivity contribution >= 4 is 23.2 Å². The second kappa shape index (κ2) is 8.35. The van der Waals surface area contributed by atoms with Crippen molar-refractivity contribution in [3.05, 3.63) is 70.5 Å². The number of ether oxygens (including phenoxy) is 1. The highest BCUT2D eigenvalue weighted by Gasteiger charge is 2.14. The predicted octanol–water partition coefficient (Wildman–Crippen LogP) is 4.96. The molecule has 0 saturated heterocycles. The van der Waals surface area contributed by atoms with Crippen LogP contribution in [-0.4, -0.2) is 20.8 Å². The average molecular weight is 400 g/mol. The van der Waals surface area contributed by atoms with Crippen molar-refractivity contribution in [3.63, 3.8) is 0 Å². The Morgan fingerprint density at radius 3 is 2.64 bits per heavy atom. The first kappa shape index (κ1) is 19.8. The fraction of sp³-hybridized carbons (Fsp3) is 0.238. The van der Waals surface area contributed by atoms with E-state index in [1.165, 1.54) is 4.68 Å². The van der Waals surface area contributed by atoms with E-state index in [9.17, 15) is 9.90 Å². The number of aromatic nitrogens is 2. The van der Waals surface area contributed by atoms with E-state index in [-0.39, 0.29) is 30.0 Å². The maximum absolute atomic E-state index is 12.6. The number of phenols is 1. The van der Waals surface area contributed by atoms with Crippen LogP contribution in [0.4, 0.5) is 5.69 Å². The number of carbonyl (C=O) groups is 1. The van der Waals surface area contributed by atoms with E-state index in [0.717, 1.165) is 11.1 Å². The molecule has 1 heterocycles. The summed E-state index contributed by atoms with van der Waals surface area (Å²) in [7, 11) is 0. The third kappa shape index (κ3) is 4.64. The Morgan fingerprint density at radius 1 is 1.25 bits per heavy atom. The van der Waals surface area contributed by atoms with E-state index in [1.807, 2.05) is 20.8 Å². The molecule has 2 N–H and O–H groups in total. The van der Waals surface area contributed by atoms with Crippen molar-refractivity contribution in [2.24, 2.45) is 0 Å². The minimum atomic E-state index is -0.325. The predicted molar refractivity (Wildman–Crippen MR) is 109 cm³/mol. The first-order valence-corrected chi connectivity index (χ1v) is 9.28. The van der Waals surface area contributed by atoms with Gasteiger partial charge in [-0.3, -0.25) is 4.79 Å². The molecule has 1 amide bonds. The Morgan fingerprint density at radius 2 is 1.96 bits per heavy atom. The first-order chi connectivity index (χ1) is 13.3. The molecular formula is C21H22ClN3O3. The van der Waals surface area contributed by atoms with Gasteiger partial charge in [-0.25, -0.2) is 4.68 Å². The number of benzene rings is 2. The Bertz CT molecular complexity index is 981. The van der Waals surface area contributed by atoms with E-state index in [1.54, 1.807) is 48.7 Å². The molecule has 3 rings (SSSR count). The lowest BCUT2D eigenvalue weighted by Crippen LogP contribution is -2.15. The Kier molecular flexibility index (Phi) is 5.90. The molecule has 0 fully saturated rings.